The highest BCUT2D eigenvalue weighted by molar-refractivity contribution is 5.89. The van der Waals surface area contributed by atoms with Gasteiger partial charge in [0.2, 0.25) is 6.10 Å². The normalized spacial score (nSPS) is 19.3. The average molecular weight is 222 g/mol. The van der Waals surface area contributed by atoms with E-state index < -0.39 is 18.0 Å². The molecule has 0 bridgehead atoms. The van der Waals surface area contributed by atoms with Crippen molar-refractivity contribution in [1.82, 2.24) is 9.97 Å². The Balaban J connectivity index is 2.02. The van der Waals surface area contributed by atoms with Crippen LogP contribution in [-0.4, -0.2) is 34.6 Å². The molecule has 6 nitrogen and oxygen atoms in total. The molecule has 0 aromatic carbocycles. The first-order valence-corrected chi connectivity index (χ1v) is 4.83. The first-order chi connectivity index (χ1) is 7.66. The van der Waals surface area contributed by atoms with Gasteiger partial charge in [-0.2, -0.15) is 0 Å². The van der Waals surface area contributed by atoms with E-state index in [0.717, 1.165) is 0 Å². The van der Waals surface area contributed by atoms with Gasteiger partial charge in [0, 0.05) is 12.6 Å². The third-order valence-electron chi connectivity index (χ3n) is 2.13. The number of hydrogen-bond acceptors (Lipinski definition) is 6. The van der Waals surface area contributed by atoms with Crippen molar-refractivity contribution in [2.24, 2.45) is 0 Å². The molecule has 1 atom stereocenters. The Hall–Kier alpha value is -1.98. The number of rotatable bonds is 2. The van der Waals surface area contributed by atoms with Gasteiger partial charge in [0.05, 0.1) is 18.5 Å². The predicted octanol–water partition coefficient (Wildman–Crippen LogP) is 0.257. The van der Waals surface area contributed by atoms with E-state index in [9.17, 15) is 9.59 Å². The Morgan fingerprint density at radius 2 is 2.31 bits per heavy atom. The molecule has 1 aromatic rings. The molecule has 1 fully saturated rings. The van der Waals surface area contributed by atoms with E-state index in [0.29, 0.717) is 12.1 Å². The maximum atomic E-state index is 11.5. The van der Waals surface area contributed by atoms with E-state index >= 15 is 0 Å². The van der Waals surface area contributed by atoms with Crippen molar-refractivity contribution in [2.45, 2.75) is 19.4 Å². The first-order valence-electron chi connectivity index (χ1n) is 4.83. The van der Waals surface area contributed by atoms with E-state index in [4.69, 9.17) is 4.74 Å². The van der Waals surface area contributed by atoms with Crippen molar-refractivity contribution in [3.05, 3.63) is 23.8 Å². The molecule has 1 aliphatic rings. The highest BCUT2D eigenvalue weighted by Crippen LogP contribution is 2.12. The van der Waals surface area contributed by atoms with Crippen LogP contribution in [0.1, 0.15) is 22.6 Å². The van der Waals surface area contributed by atoms with Crippen molar-refractivity contribution >= 4 is 11.9 Å². The zero-order valence-electron chi connectivity index (χ0n) is 8.67. The molecule has 16 heavy (non-hydrogen) atoms. The van der Waals surface area contributed by atoms with Gasteiger partial charge >= 0.3 is 11.9 Å². The molecule has 0 saturated carbocycles. The summed E-state index contributed by atoms with van der Waals surface area (Å²) < 4.78 is 9.60. The molecule has 0 N–H and O–H groups in total. The van der Waals surface area contributed by atoms with E-state index in [-0.39, 0.29) is 12.3 Å². The van der Waals surface area contributed by atoms with Gasteiger partial charge in [-0.25, -0.2) is 14.6 Å². The molecule has 2 rings (SSSR count). The lowest BCUT2D eigenvalue weighted by atomic mass is 10.3. The number of carbonyl (C=O) groups excluding carboxylic acids is 2. The number of aromatic nitrogens is 2. The Kier molecular flexibility index (Phi) is 2.80. The molecule has 0 radical (unpaired) electrons. The molecule has 84 valence electrons. The van der Waals surface area contributed by atoms with Crippen LogP contribution in [0.5, 0.6) is 0 Å². The number of aryl methyl sites for hydroxylation is 1. The van der Waals surface area contributed by atoms with Gasteiger partial charge in [0.15, 0.2) is 5.69 Å². The molecule has 0 amide bonds. The van der Waals surface area contributed by atoms with Gasteiger partial charge in [0.25, 0.3) is 0 Å². The molecule has 6 heteroatoms. The highest BCUT2D eigenvalue weighted by Gasteiger charge is 2.30. The average Bonchev–Trinajstić information content (AvgIpc) is 2.65. The molecule has 2 heterocycles. The van der Waals surface area contributed by atoms with Gasteiger partial charge in [-0.15, -0.1) is 0 Å². The summed E-state index contributed by atoms with van der Waals surface area (Å²) in [7, 11) is 0. The molecule has 1 saturated heterocycles. The molecular weight excluding hydrogens is 212 g/mol. The second kappa shape index (κ2) is 4.26. The molecule has 0 aliphatic carbocycles. The molecule has 1 aromatic heterocycles. The fraction of sp³-hybridized carbons (Fsp3) is 0.400. The van der Waals surface area contributed by atoms with Crippen LogP contribution in [0.25, 0.3) is 0 Å². The molecular formula is C10H10N2O4. The molecule has 0 spiro atoms. The van der Waals surface area contributed by atoms with Crippen LogP contribution in [0.3, 0.4) is 0 Å². The number of esters is 2. The van der Waals surface area contributed by atoms with Gasteiger partial charge in [-0.1, -0.05) is 0 Å². The lowest BCUT2D eigenvalue weighted by Crippen LogP contribution is -2.23. The summed E-state index contributed by atoms with van der Waals surface area (Å²) >= 11 is 0. The van der Waals surface area contributed by atoms with Crippen LogP contribution in [0.4, 0.5) is 0 Å². The topological polar surface area (TPSA) is 78.4 Å². The van der Waals surface area contributed by atoms with E-state index in [2.05, 4.69) is 14.7 Å². The zero-order chi connectivity index (χ0) is 11.5. The maximum Gasteiger partial charge on any atom is 0.359 e. The summed E-state index contributed by atoms with van der Waals surface area (Å²) in [6, 6.07) is 0. The minimum absolute atomic E-state index is 0.0882. The second-order valence-corrected chi connectivity index (χ2v) is 3.39. The lowest BCUT2D eigenvalue weighted by Gasteiger charge is -2.07. The van der Waals surface area contributed by atoms with E-state index in [1.807, 2.05) is 0 Å². The Bertz CT molecular complexity index is 415. The van der Waals surface area contributed by atoms with Gasteiger partial charge < -0.3 is 9.47 Å². The number of nitrogens with zero attached hydrogens (tertiary/aromatic N) is 2. The molecule has 0 unspecified atom stereocenters. The highest BCUT2D eigenvalue weighted by atomic mass is 16.6. The van der Waals surface area contributed by atoms with Crippen LogP contribution < -0.4 is 0 Å². The summed E-state index contributed by atoms with van der Waals surface area (Å²) in [5.74, 6) is -1.16. The van der Waals surface area contributed by atoms with Crippen LogP contribution in [0.15, 0.2) is 12.4 Å². The SMILES string of the molecule is Cc1cnc(C(=O)O[C@@H]2CCOC2=O)cn1. The predicted molar refractivity (Wildman–Crippen MR) is 51.5 cm³/mol. The van der Waals surface area contributed by atoms with Crippen LogP contribution in [0, 0.1) is 6.92 Å². The van der Waals surface area contributed by atoms with Crippen molar-refractivity contribution in [2.75, 3.05) is 6.61 Å². The quantitative estimate of drug-likeness (QED) is 0.668. The number of carbonyl (C=O) groups is 2. The van der Waals surface area contributed by atoms with Crippen molar-refractivity contribution in [3.8, 4) is 0 Å². The van der Waals surface area contributed by atoms with Gasteiger partial charge in [0.1, 0.15) is 0 Å². The van der Waals surface area contributed by atoms with Gasteiger partial charge in [-0.3, -0.25) is 4.98 Å². The fourth-order valence-corrected chi connectivity index (χ4v) is 1.27. The Labute approximate surface area is 91.6 Å². The summed E-state index contributed by atoms with van der Waals surface area (Å²) in [6.07, 6.45) is 2.36. The van der Waals surface area contributed by atoms with E-state index in [1.165, 1.54) is 12.4 Å². The summed E-state index contributed by atoms with van der Waals surface area (Å²) in [5, 5.41) is 0. The standard InChI is InChI=1S/C10H10N2O4/c1-6-4-12-7(5-11-6)9(13)16-8-2-3-15-10(8)14/h4-5,8H,2-3H2,1H3/t8-/m1/s1. The zero-order valence-corrected chi connectivity index (χ0v) is 8.67. The van der Waals surface area contributed by atoms with Gasteiger partial charge in [-0.05, 0) is 6.92 Å². The number of cyclic esters (lactones) is 1. The molecule has 1 aliphatic heterocycles. The minimum Gasteiger partial charge on any atom is -0.463 e. The first kappa shape index (κ1) is 10.5. The third-order valence-corrected chi connectivity index (χ3v) is 2.13. The van der Waals surface area contributed by atoms with Crippen LogP contribution in [-0.2, 0) is 14.3 Å². The van der Waals surface area contributed by atoms with Crippen LogP contribution in [0.2, 0.25) is 0 Å². The van der Waals surface area contributed by atoms with Crippen molar-refractivity contribution in [3.63, 3.8) is 0 Å². The smallest absolute Gasteiger partial charge is 0.359 e. The largest absolute Gasteiger partial charge is 0.463 e. The monoisotopic (exact) mass is 222 g/mol. The summed E-state index contributed by atoms with van der Waals surface area (Å²) in [6.45, 7) is 2.05. The van der Waals surface area contributed by atoms with Crippen molar-refractivity contribution in [1.29, 1.82) is 0 Å². The lowest BCUT2D eigenvalue weighted by molar-refractivity contribution is -0.145. The second-order valence-electron chi connectivity index (χ2n) is 3.39. The third kappa shape index (κ3) is 2.16. The Morgan fingerprint density at radius 1 is 1.50 bits per heavy atom. The summed E-state index contributed by atoms with van der Waals surface area (Å²) in [5.41, 5.74) is 0.794. The van der Waals surface area contributed by atoms with E-state index in [1.54, 1.807) is 6.92 Å². The minimum atomic E-state index is -0.810. The Morgan fingerprint density at radius 3 is 2.88 bits per heavy atom. The van der Waals surface area contributed by atoms with Crippen LogP contribution >= 0.6 is 0 Å². The van der Waals surface area contributed by atoms with Crippen molar-refractivity contribution < 1.29 is 19.1 Å². The fourth-order valence-electron chi connectivity index (χ4n) is 1.27. The number of hydrogen-bond donors (Lipinski definition) is 0. The maximum absolute atomic E-state index is 11.5. The number of ether oxygens (including phenoxy) is 2. The summed E-state index contributed by atoms with van der Waals surface area (Å²) in [4.78, 5) is 30.4.